The molecule has 4 aliphatic carbocycles. The second-order valence-electron chi connectivity index (χ2n) is 13.7. The van der Waals surface area contributed by atoms with Gasteiger partial charge < -0.3 is 10.2 Å². The van der Waals surface area contributed by atoms with E-state index in [2.05, 4.69) is 23.6 Å². The fraction of sp³-hybridized carbons (Fsp3) is 1.00. The van der Waals surface area contributed by atoms with Gasteiger partial charge in [0, 0.05) is 12.1 Å². The highest BCUT2D eigenvalue weighted by molar-refractivity contribution is 5.14. The van der Waals surface area contributed by atoms with Gasteiger partial charge >= 0.3 is 0 Å². The van der Waals surface area contributed by atoms with Gasteiger partial charge in [0.1, 0.15) is 0 Å². The molecule has 0 bridgehead atoms. The van der Waals surface area contributed by atoms with Crippen LogP contribution in [0.3, 0.4) is 0 Å². The van der Waals surface area contributed by atoms with Gasteiger partial charge in [0.2, 0.25) is 0 Å². The first-order valence-electron chi connectivity index (χ1n) is 14.8. The van der Waals surface area contributed by atoms with Gasteiger partial charge in [0.15, 0.2) is 0 Å². The summed E-state index contributed by atoms with van der Waals surface area (Å²) in [6.45, 7) is 9.88. The predicted octanol–water partition coefficient (Wildman–Crippen LogP) is 4.68. The Morgan fingerprint density at radius 2 is 1.30 bits per heavy atom. The van der Waals surface area contributed by atoms with Crippen LogP contribution >= 0.6 is 0 Å². The molecular formula is C29H50N2O2. The Morgan fingerprint density at radius 1 is 0.667 bits per heavy atom. The second-order valence-corrected chi connectivity index (χ2v) is 13.7. The lowest BCUT2D eigenvalue weighted by molar-refractivity contribution is -0.154. The van der Waals surface area contributed by atoms with E-state index in [4.69, 9.17) is 0 Å². The van der Waals surface area contributed by atoms with Crippen molar-refractivity contribution >= 4 is 0 Å². The Morgan fingerprint density at radius 3 is 1.97 bits per heavy atom. The van der Waals surface area contributed by atoms with Gasteiger partial charge in [0.25, 0.3) is 0 Å². The number of aliphatic hydroxyl groups excluding tert-OH is 2. The Bertz CT molecular complexity index is 704. The molecule has 2 aliphatic heterocycles. The maximum Gasteiger partial charge on any atom is 0.0751 e. The van der Waals surface area contributed by atoms with Crippen molar-refractivity contribution in [2.75, 3.05) is 26.2 Å². The summed E-state index contributed by atoms with van der Waals surface area (Å²) >= 11 is 0. The van der Waals surface area contributed by atoms with Crippen molar-refractivity contribution in [2.24, 2.45) is 34.5 Å². The van der Waals surface area contributed by atoms with Crippen LogP contribution in [-0.2, 0) is 0 Å². The van der Waals surface area contributed by atoms with Gasteiger partial charge in [-0.15, -0.1) is 0 Å². The highest BCUT2D eigenvalue weighted by Gasteiger charge is 2.63. The summed E-state index contributed by atoms with van der Waals surface area (Å²) < 4.78 is 0. The number of rotatable bonds is 2. The van der Waals surface area contributed by atoms with Crippen molar-refractivity contribution in [1.29, 1.82) is 0 Å². The van der Waals surface area contributed by atoms with Crippen molar-refractivity contribution in [1.82, 2.24) is 9.80 Å². The van der Waals surface area contributed by atoms with Crippen LogP contribution in [-0.4, -0.2) is 70.5 Å². The molecule has 6 aliphatic rings. The van der Waals surface area contributed by atoms with Crippen LogP contribution in [0.2, 0.25) is 0 Å². The van der Waals surface area contributed by atoms with Crippen molar-refractivity contribution in [3.63, 3.8) is 0 Å². The van der Waals surface area contributed by atoms with E-state index < -0.39 is 0 Å². The van der Waals surface area contributed by atoms with E-state index in [0.717, 1.165) is 18.3 Å². The maximum atomic E-state index is 11.6. The fourth-order valence-electron chi connectivity index (χ4n) is 10.5. The molecule has 4 saturated carbocycles. The summed E-state index contributed by atoms with van der Waals surface area (Å²) in [5.74, 6) is 2.97. The molecule has 4 heteroatoms. The third-order valence-corrected chi connectivity index (χ3v) is 12.4. The van der Waals surface area contributed by atoms with Gasteiger partial charge in [-0.3, -0.25) is 9.80 Å². The summed E-state index contributed by atoms with van der Waals surface area (Å²) in [4.78, 5) is 5.33. The fourth-order valence-corrected chi connectivity index (χ4v) is 10.5. The molecule has 0 radical (unpaired) electrons. The van der Waals surface area contributed by atoms with Crippen molar-refractivity contribution in [2.45, 2.75) is 122 Å². The monoisotopic (exact) mass is 458 g/mol. The zero-order valence-corrected chi connectivity index (χ0v) is 21.4. The summed E-state index contributed by atoms with van der Waals surface area (Å²) in [5.41, 5.74) is 0.493. The largest absolute Gasteiger partial charge is 0.391 e. The number of fused-ring (bicyclic) bond motifs is 5. The first kappa shape index (κ1) is 23.3. The van der Waals surface area contributed by atoms with Crippen molar-refractivity contribution in [3.8, 4) is 0 Å². The summed E-state index contributed by atoms with van der Waals surface area (Å²) in [5, 5.41) is 22.8. The van der Waals surface area contributed by atoms with Gasteiger partial charge in [-0.2, -0.15) is 0 Å². The van der Waals surface area contributed by atoms with Crippen molar-refractivity contribution in [3.05, 3.63) is 0 Å². The molecule has 10 atom stereocenters. The predicted molar refractivity (Wildman–Crippen MR) is 133 cm³/mol. The number of likely N-dealkylation sites (tertiary alicyclic amines) is 2. The van der Waals surface area contributed by atoms with E-state index in [1.807, 2.05) is 0 Å². The highest BCUT2D eigenvalue weighted by atomic mass is 16.3. The van der Waals surface area contributed by atoms with Gasteiger partial charge in [0.05, 0.1) is 12.2 Å². The molecule has 6 fully saturated rings. The van der Waals surface area contributed by atoms with E-state index in [0.29, 0.717) is 29.3 Å². The maximum absolute atomic E-state index is 11.6. The molecule has 33 heavy (non-hydrogen) atoms. The van der Waals surface area contributed by atoms with Crippen LogP contribution in [0.4, 0.5) is 0 Å². The van der Waals surface area contributed by atoms with Crippen molar-refractivity contribution < 1.29 is 10.2 Å². The molecule has 0 aromatic rings. The number of hydrogen-bond donors (Lipinski definition) is 2. The molecule has 2 heterocycles. The molecule has 6 rings (SSSR count). The average Bonchev–Trinajstić information content (AvgIpc) is 3.11. The number of nitrogens with zero attached hydrogens (tertiary/aromatic N) is 2. The molecule has 0 spiro atoms. The Labute approximate surface area is 202 Å². The SMILES string of the molecule is CC12CC(N3CCCCC3)C(O)CC1CCC1C2CCC2(C)C(O)C(N3CCCCC3)CC12. The first-order valence-corrected chi connectivity index (χ1v) is 14.8. The molecule has 10 unspecified atom stereocenters. The lowest BCUT2D eigenvalue weighted by atomic mass is 9.44. The normalized spacial score (nSPS) is 53.8. The van der Waals surface area contributed by atoms with E-state index in [1.54, 1.807) is 0 Å². The standard InChI is InChI=1S/C29H50N2O2/c1-28-12-11-22-21(23(28)18-24(27(28)33)30-13-5-3-6-14-30)10-9-20-17-26(32)25(19-29(20,22)2)31-15-7-4-8-16-31/h20-27,32-33H,3-19H2,1-2H3. The van der Waals surface area contributed by atoms with E-state index in [1.165, 1.54) is 103 Å². The average molecular weight is 459 g/mol. The Hall–Kier alpha value is -0.160. The molecule has 0 amide bonds. The molecule has 4 nitrogen and oxygen atoms in total. The zero-order chi connectivity index (χ0) is 22.8. The number of hydrogen-bond acceptors (Lipinski definition) is 4. The highest BCUT2D eigenvalue weighted by Crippen LogP contribution is 2.66. The third kappa shape index (κ3) is 3.67. The quantitative estimate of drug-likeness (QED) is 0.631. The summed E-state index contributed by atoms with van der Waals surface area (Å²) in [6.07, 6.45) is 16.4. The minimum Gasteiger partial charge on any atom is -0.391 e. The van der Waals surface area contributed by atoms with Crippen LogP contribution in [0.5, 0.6) is 0 Å². The van der Waals surface area contributed by atoms with Gasteiger partial charge in [-0.25, -0.2) is 0 Å². The molecule has 0 aromatic carbocycles. The third-order valence-electron chi connectivity index (χ3n) is 12.4. The molecule has 188 valence electrons. The topological polar surface area (TPSA) is 46.9 Å². The van der Waals surface area contributed by atoms with E-state index in [-0.39, 0.29) is 17.6 Å². The smallest absolute Gasteiger partial charge is 0.0751 e. The van der Waals surface area contributed by atoms with Crippen LogP contribution in [0, 0.1) is 34.5 Å². The zero-order valence-electron chi connectivity index (χ0n) is 21.4. The van der Waals surface area contributed by atoms with E-state index in [9.17, 15) is 10.2 Å². The molecule has 0 aromatic heterocycles. The Balaban J connectivity index is 1.24. The van der Waals surface area contributed by atoms with Gasteiger partial charge in [-0.05, 0) is 131 Å². The second kappa shape index (κ2) is 8.75. The van der Waals surface area contributed by atoms with E-state index >= 15 is 0 Å². The lowest BCUT2D eigenvalue weighted by Crippen LogP contribution is -2.60. The lowest BCUT2D eigenvalue weighted by Gasteiger charge is -2.62. The molecule has 2 saturated heterocycles. The summed E-state index contributed by atoms with van der Waals surface area (Å²) in [7, 11) is 0. The number of piperidine rings is 2. The Kier molecular flexibility index (Phi) is 6.16. The molecular weight excluding hydrogens is 408 g/mol. The van der Waals surface area contributed by atoms with Crippen LogP contribution in [0.25, 0.3) is 0 Å². The van der Waals surface area contributed by atoms with Crippen LogP contribution in [0.1, 0.15) is 97.3 Å². The minimum absolute atomic E-state index is 0.118. The minimum atomic E-state index is -0.138. The van der Waals surface area contributed by atoms with Crippen LogP contribution < -0.4 is 0 Å². The summed E-state index contributed by atoms with van der Waals surface area (Å²) in [6, 6.07) is 0.785. The molecule has 2 N–H and O–H groups in total. The van der Waals surface area contributed by atoms with Gasteiger partial charge in [-0.1, -0.05) is 26.7 Å². The number of aliphatic hydroxyl groups is 2. The first-order chi connectivity index (χ1) is 15.9. The van der Waals surface area contributed by atoms with Crippen LogP contribution in [0.15, 0.2) is 0 Å².